The van der Waals surface area contributed by atoms with Crippen molar-refractivity contribution in [2.75, 3.05) is 33.3 Å². The fourth-order valence-electron chi connectivity index (χ4n) is 4.45. The molecule has 9 nitrogen and oxygen atoms in total. The summed E-state index contributed by atoms with van der Waals surface area (Å²) in [6.07, 6.45) is 0.364. The van der Waals surface area contributed by atoms with Gasteiger partial charge in [-0.05, 0) is 66.4 Å². The molecule has 4 rings (SSSR count). The van der Waals surface area contributed by atoms with Crippen LogP contribution in [0.3, 0.4) is 0 Å². The Balaban J connectivity index is 1.44. The molecule has 0 aromatic heterocycles. The quantitative estimate of drug-likeness (QED) is 0.405. The van der Waals surface area contributed by atoms with Crippen molar-refractivity contribution < 1.29 is 33.3 Å². The number of ether oxygens (including phenoxy) is 5. The van der Waals surface area contributed by atoms with Crippen LogP contribution in [0.25, 0.3) is 0 Å². The minimum absolute atomic E-state index is 0.0162. The summed E-state index contributed by atoms with van der Waals surface area (Å²) in [5.41, 5.74) is 2.71. The molecular formula is C29H28N2O7. The minimum Gasteiger partial charge on any atom is -0.493 e. The van der Waals surface area contributed by atoms with Crippen molar-refractivity contribution in [3.8, 4) is 29.1 Å². The van der Waals surface area contributed by atoms with Crippen molar-refractivity contribution >= 4 is 17.7 Å². The molecule has 3 aromatic rings. The van der Waals surface area contributed by atoms with Crippen molar-refractivity contribution in [1.29, 1.82) is 5.26 Å². The number of nitriles is 1. The number of rotatable bonds is 9. The molecule has 2 atom stereocenters. The maximum Gasteiger partial charge on any atom is 0.417 e. The number of esters is 1. The van der Waals surface area contributed by atoms with Gasteiger partial charge in [0.15, 0.2) is 23.0 Å². The van der Waals surface area contributed by atoms with Crippen molar-refractivity contribution in [3.05, 3.63) is 77.4 Å². The van der Waals surface area contributed by atoms with Gasteiger partial charge in [0.2, 0.25) is 0 Å². The van der Waals surface area contributed by atoms with Crippen molar-refractivity contribution in [3.63, 3.8) is 0 Å². The summed E-state index contributed by atoms with van der Waals surface area (Å²) in [6.45, 7) is 0.337. The molecule has 0 aliphatic carbocycles. The van der Waals surface area contributed by atoms with Gasteiger partial charge in [-0.3, -0.25) is 10.1 Å². The van der Waals surface area contributed by atoms with Crippen LogP contribution in [0.1, 0.15) is 16.7 Å². The van der Waals surface area contributed by atoms with Crippen LogP contribution in [-0.2, 0) is 22.4 Å². The molecule has 196 valence electrons. The first-order chi connectivity index (χ1) is 18.4. The zero-order valence-corrected chi connectivity index (χ0v) is 21.4. The number of hydrogen-bond donors (Lipinski definition) is 1. The van der Waals surface area contributed by atoms with E-state index >= 15 is 0 Å². The summed E-state index contributed by atoms with van der Waals surface area (Å²) < 4.78 is 27.0. The summed E-state index contributed by atoms with van der Waals surface area (Å²) in [6, 6.07) is 19.4. The smallest absolute Gasteiger partial charge is 0.417 e. The van der Waals surface area contributed by atoms with Gasteiger partial charge in [0, 0.05) is 11.6 Å². The number of amides is 1. The molecule has 0 unspecified atom stereocenters. The van der Waals surface area contributed by atoms with Gasteiger partial charge in [0.1, 0.15) is 0 Å². The normalized spacial score (nSPS) is 16.2. The van der Waals surface area contributed by atoms with Crippen LogP contribution in [0, 0.1) is 23.2 Å². The third kappa shape index (κ3) is 6.16. The molecule has 1 N–H and O–H groups in total. The molecule has 0 spiro atoms. The highest BCUT2D eigenvalue weighted by Gasteiger charge is 2.37. The number of carbonyl (C=O) groups excluding carboxylic acids is 2. The van der Waals surface area contributed by atoms with Gasteiger partial charge < -0.3 is 23.7 Å². The number of nitrogens with one attached hydrogen (secondary N) is 1. The van der Waals surface area contributed by atoms with E-state index in [4.69, 9.17) is 28.9 Å². The molecule has 1 amide bonds. The van der Waals surface area contributed by atoms with E-state index in [-0.39, 0.29) is 23.6 Å². The Morgan fingerprint density at radius 2 is 1.58 bits per heavy atom. The summed E-state index contributed by atoms with van der Waals surface area (Å²) >= 11 is 0. The monoisotopic (exact) mass is 516 g/mol. The van der Waals surface area contributed by atoms with E-state index in [1.54, 1.807) is 56.7 Å². The second kappa shape index (κ2) is 12.0. The Kier molecular flexibility index (Phi) is 8.34. The molecule has 9 heteroatoms. The Morgan fingerprint density at radius 3 is 2.26 bits per heavy atom. The second-order valence-corrected chi connectivity index (χ2v) is 8.79. The van der Waals surface area contributed by atoms with E-state index in [0.29, 0.717) is 47.9 Å². The first-order valence-electron chi connectivity index (χ1n) is 12.0. The zero-order chi connectivity index (χ0) is 27.1. The van der Waals surface area contributed by atoms with Crippen molar-refractivity contribution in [2.24, 2.45) is 11.8 Å². The SMILES string of the molecule is COc1ccc(C[C@H]2COC(=O)[C@@H]2Cc2ccc(OC(=O)Nc3cccc(C#N)c3)c(OC)c2)cc1OC. The van der Waals surface area contributed by atoms with Gasteiger partial charge in [0.25, 0.3) is 0 Å². The van der Waals surface area contributed by atoms with Crippen LogP contribution in [0.15, 0.2) is 60.7 Å². The molecule has 1 saturated heterocycles. The van der Waals surface area contributed by atoms with Crippen LogP contribution in [0.2, 0.25) is 0 Å². The van der Waals surface area contributed by atoms with Gasteiger partial charge in [0.05, 0.1) is 45.5 Å². The second-order valence-electron chi connectivity index (χ2n) is 8.79. The Hall–Kier alpha value is -4.71. The van der Waals surface area contributed by atoms with Crippen molar-refractivity contribution in [2.45, 2.75) is 12.8 Å². The molecule has 1 aliphatic heterocycles. The Bertz CT molecular complexity index is 1370. The van der Waals surface area contributed by atoms with Gasteiger partial charge in [-0.2, -0.15) is 5.26 Å². The summed E-state index contributed by atoms with van der Waals surface area (Å²) in [5, 5.41) is 11.6. The molecular weight excluding hydrogens is 488 g/mol. The summed E-state index contributed by atoms with van der Waals surface area (Å²) in [7, 11) is 4.65. The summed E-state index contributed by atoms with van der Waals surface area (Å²) in [4.78, 5) is 25.0. The molecule has 1 heterocycles. The third-order valence-electron chi connectivity index (χ3n) is 6.38. The molecule has 0 saturated carbocycles. The lowest BCUT2D eigenvalue weighted by atomic mass is 9.85. The first-order valence-corrected chi connectivity index (χ1v) is 12.0. The highest BCUT2D eigenvalue weighted by molar-refractivity contribution is 5.87. The number of cyclic esters (lactones) is 1. The molecule has 3 aromatic carbocycles. The fraction of sp³-hybridized carbons (Fsp3) is 0.276. The van der Waals surface area contributed by atoms with Crippen LogP contribution in [-0.4, -0.2) is 40.0 Å². The lowest BCUT2D eigenvalue weighted by Crippen LogP contribution is -2.21. The first kappa shape index (κ1) is 26.4. The van der Waals surface area contributed by atoms with Crippen LogP contribution < -0.4 is 24.3 Å². The van der Waals surface area contributed by atoms with E-state index in [1.807, 2.05) is 24.3 Å². The molecule has 1 fully saturated rings. The average molecular weight is 517 g/mol. The predicted octanol–water partition coefficient (Wildman–Crippen LogP) is 4.77. The van der Waals surface area contributed by atoms with E-state index in [1.165, 1.54) is 7.11 Å². The van der Waals surface area contributed by atoms with E-state index in [0.717, 1.165) is 11.1 Å². The number of carbonyl (C=O) groups is 2. The van der Waals surface area contributed by atoms with Gasteiger partial charge >= 0.3 is 12.1 Å². The van der Waals surface area contributed by atoms with Crippen LogP contribution in [0.4, 0.5) is 10.5 Å². The van der Waals surface area contributed by atoms with Crippen LogP contribution >= 0.6 is 0 Å². The molecule has 0 bridgehead atoms. The molecule has 38 heavy (non-hydrogen) atoms. The summed E-state index contributed by atoms with van der Waals surface area (Å²) in [5.74, 6) is 1.26. The molecule has 0 radical (unpaired) electrons. The van der Waals surface area contributed by atoms with E-state index < -0.39 is 6.09 Å². The topological polar surface area (TPSA) is 116 Å². The van der Waals surface area contributed by atoms with E-state index in [9.17, 15) is 9.59 Å². The largest absolute Gasteiger partial charge is 0.493 e. The predicted molar refractivity (Wildman–Crippen MR) is 139 cm³/mol. The van der Waals surface area contributed by atoms with E-state index in [2.05, 4.69) is 5.32 Å². The highest BCUT2D eigenvalue weighted by atomic mass is 16.6. The number of benzene rings is 3. The van der Waals surface area contributed by atoms with Gasteiger partial charge in [-0.15, -0.1) is 0 Å². The maximum absolute atomic E-state index is 12.6. The minimum atomic E-state index is -0.722. The van der Waals surface area contributed by atoms with Crippen molar-refractivity contribution in [1.82, 2.24) is 0 Å². The zero-order valence-electron chi connectivity index (χ0n) is 21.4. The Morgan fingerprint density at radius 1 is 0.921 bits per heavy atom. The lowest BCUT2D eigenvalue weighted by molar-refractivity contribution is -0.141. The number of hydrogen-bond acceptors (Lipinski definition) is 8. The van der Waals surface area contributed by atoms with Gasteiger partial charge in [-0.1, -0.05) is 18.2 Å². The number of anilines is 1. The average Bonchev–Trinajstić information content (AvgIpc) is 3.27. The van der Waals surface area contributed by atoms with Gasteiger partial charge in [-0.25, -0.2) is 4.79 Å². The number of methoxy groups -OCH3 is 3. The highest BCUT2D eigenvalue weighted by Crippen LogP contribution is 2.35. The molecule has 1 aliphatic rings. The van der Waals surface area contributed by atoms with Crippen LogP contribution in [0.5, 0.6) is 23.0 Å². The Labute approximate surface area is 220 Å². The number of nitrogens with zero attached hydrogens (tertiary/aromatic N) is 1. The lowest BCUT2D eigenvalue weighted by Gasteiger charge is -2.17. The maximum atomic E-state index is 12.6. The fourth-order valence-corrected chi connectivity index (χ4v) is 4.45. The standard InChI is InChI=1S/C29H28N2O7/c1-34-24-9-7-18(14-26(24)35-2)11-21-17-37-28(32)23(21)13-19-8-10-25(27(15-19)36-3)38-29(33)31-22-6-4-5-20(12-22)16-30/h4-10,12,14-15,21,23H,11,13,17H2,1-3H3,(H,31,33)/t21-,23+/m0/s1. The third-order valence-corrected chi connectivity index (χ3v) is 6.38.